The lowest BCUT2D eigenvalue weighted by molar-refractivity contribution is 0.370. The van der Waals surface area contributed by atoms with E-state index in [4.69, 9.17) is 4.99 Å². The molecule has 0 bridgehead atoms. The SMILES string of the molecule is CCNC(=NCc1ccc(N(C)C)c(F)c1)N1CCN(c2ncccn2)CC1. The fourth-order valence-corrected chi connectivity index (χ4v) is 3.18. The lowest BCUT2D eigenvalue weighted by Crippen LogP contribution is -2.52. The monoisotopic (exact) mass is 385 g/mol. The van der Waals surface area contributed by atoms with Crippen molar-refractivity contribution in [3.8, 4) is 0 Å². The van der Waals surface area contributed by atoms with Gasteiger partial charge in [-0.3, -0.25) is 0 Å². The number of nitrogens with zero attached hydrogens (tertiary/aromatic N) is 6. The topological polar surface area (TPSA) is 59.9 Å². The van der Waals surface area contributed by atoms with Crippen LogP contribution in [-0.4, -0.2) is 67.6 Å². The molecule has 1 aliphatic rings. The summed E-state index contributed by atoms with van der Waals surface area (Å²) in [5.41, 5.74) is 1.44. The van der Waals surface area contributed by atoms with Gasteiger partial charge in [-0.25, -0.2) is 19.4 Å². The summed E-state index contributed by atoms with van der Waals surface area (Å²) in [6, 6.07) is 7.11. The molecule has 0 saturated carbocycles. The van der Waals surface area contributed by atoms with Gasteiger partial charge in [-0.2, -0.15) is 0 Å². The fourth-order valence-electron chi connectivity index (χ4n) is 3.18. The van der Waals surface area contributed by atoms with Gasteiger partial charge < -0.3 is 20.0 Å². The molecule has 0 spiro atoms. The minimum absolute atomic E-state index is 0.223. The van der Waals surface area contributed by atoms with Gasteiger partial charge in [-0.15, -0.1) is 0 Å². The Morgan fingerprint density at radius 1 is 1.18 bits per heavy atom. The quantitative estimate of drug-likeness (QED) is 0.627. The van der Waals surface area contributed by atoms with Crippen LogP contribution in [0, 0.1) is 5.82 Å². The Bertz CT molecular complexity index is 786. The van der Waals surface area contributed by atoms with Crippen LogP contribution in [0.1, 0.15) is 12.5 Å². The van der Waals surface area contributed by atoms with Crippen LogP contribution >= 0.6 is 0 Å². The number of hydrogen-bond donors (Lipinski definition) is 1. The number of guanidine groups is 1. The van der Waals surface area contributed by atoms with Crippen molar-refractivity contribution in [2.24, 2.45) is 4.99 Å². The molecule has 2 aromatic rings. The summed E-state index contributed by atoms with van der Waals surface area (Å²) in [5, 5.41) is 3.35. The van der Waals surface area contributed by atoms with Crippen LogP contribution in [0.4, 0.5) is 16.0 Å². The molecule has 1 aliphatic heterocycles. The summed E-state index contributed by atoms with van der Waals surface area (Å²) in [6.45, 7) is 6.61. The molecule has 1 aromatic heterocycles. The van der Waals surface area contributed by atoms with Gasteiger partial charge in [-0.1, -0.05) is 6.07 Å². The number of hydrogen-bond acceptors (Lipinski definition) is 5. The average molecular weight is 385 g/mol. The van der Waals surface area contributed by atoms with Crippen LogP contribution in [0.2, 0.25) is 0 Å². The third-order valence-corrected chi connectivity index (χ3v) is 4.65. The van der Waals surface area contributed by atoms with Crippen LogP contribution in [0.15, 0.2) is 41.7 Å². The van der Waals surface area contributed by atoms with E-state index < -0.39 is 0 Å². The second-order valence-corrected chi connectivity index (χ2v) is 6.87. The van der Waals surface area contributed by atoms with Gasteiger partial charge in [0.1, 0.15) is 5.82 Å². The summed E-state index contributed by atoms with van der Waals surface area (Å²) in [6.07, 6.45) is 3.53. The Kier molecular flexibility index (Phi) is 6.62. The number of piperazine rings is 1. The second-order valence-electron chi connectivity index (χ2n) is 6.87. The van der Waals surface area contributed by atoms with E-state index in [2.05, 4.69) is 32.0 Å². The Hall–Kier alpha value is -2.90. The molecule has 0 unspecified atom stereocenters. The van der Waals surface area contributed by atoms with E-state index in [9.17, 15) is 4.39 Å². The van der Waals surface area contributed by atoms with E-state index in [0.29, 0.717) is 12.2 Å². The van der Waals surface area contributed by atoms with E-state index >= 15 is 0 Å². The fraction of sp³-hybridized carbons (Fsp3) is 0.450. The van der Waals surface area contributed by atoms with Gasteiger partial charge in [0.25, 0.3) is 0 Å². The molecular formula is C20H28FN7. The molecule has 0 aliphatic carbocycles. The third kappa shape index (κ3) is 4.88. The zero-order valence-electron chi connectivity index (χ0n) is 16.8. The molecule has 0 amide bonds. The summed E-state index contributed by atoms with van der Waals surface area (Å²) in [5.74, 6) is 1.40. The highest BCUT2D eigenvalue weighted by Crippen LogP contribution is 2.19. The molecule has 3 rings (SSSR count). The van der Waals surface area contributed by atoms with Gasteiger partial charge in [0.2, 0.25) is 5.95 Å². The summed E-state index contributed by atoms with van der Waals surface area (Å²) in [7, 11) is 3.67. The van der Waals surface area contributed by atoms with Crippen molar-refractivity contribution in [2.75, 3.05) is 56.6 Å². The Balaban J connectivity index is 1.64. The van der Waals surface area contributed by atoms with Crippen molar-refractivity contribution in [3.63, 3.8) is 0 Å². The minimum atomic E-state index is -0.223. The van der Waals surface area contributed by atoms with E-state index in [-0.39, 0.29) is 5.82 Å². The molecular weight excluding hydrogens is 357 g/mol. The highest BCUT2D eigenvalue weighted by molar-refractivity contribution is 5.80. The summed E-state index contributed by atoms with van der Waals surface area (Å²) < 4.78 is 14.2. The molecule has 150 valence electrons. The summed E-state index contributed by atoms with van der Waals surface area (Å²) >= 11 is 0. The minimum Gasteiger partial charge on any atom is -0.375 e. The maximum absolute atomic E-state index is 14.2. The second kappa shape index (κ2) is 9.34. The first kappa shape index (κ1) is 19.9. The zero-order chi connectivity index (χ0) is 19.9. The van der Waals surface area contributed by atoms with Gasteiger partial charge >= 0.3 is 0 Å². The van der Waals surface area contributed by atoms with Crippen molar-refractivity contribution >= 4 is 17.6 Å². The first-order valence-electron chi connectivity index (χ1n) is 9.59. The van der Waals surface area contributed by atoms with Crippen molar-refractivity contribution in [3.05, 3.63) is 48.0 Å². The molecule has 1 saturated heterocycles. The van der Waals surface area contributed by atoms with Gasteiger partial charge in [0.15, 0.2) is 5.96 Å². The highest BCUT2D eigenvalue weighted by Gasteiger charge is 2.21. The van der Waals surface area contributed by atoms with Gasteiger partial charge in [-0.05, 0) is 30.7 Å². The molecule has 0 radical (unpaired) electrons. The average Bonchev–Trinajstić information content (AvgIpc) is 2.72. The van der Waals surface area contributed by atoms with Crippen molar-refractivity contribution in [2.45, 2.75) is 13.5 Å². The Morgan fingerprint density at radius 3 is 2.50 bits per heavy atom. The van der Waals surface area contributed by atoms with Gasteiger partial charge in [0, 0.05) is 59.2 Å². The van der Waals surface area contributed by atoms with Crippen molar-refractivity contribution in [1.82, 2.24) is 20.2 Å². The predicted molar refractivity (Wildman–Crippen MR) is 111 cm³/mol. The Labute approximate surface area is 165 Å². The number of halogens is 1. The van der Waals surface area contributed by atoms with E-state index in [1.54, 1.807) is 29.4 Å². The molecule has 1 aromatic carbocycles. The largest absolute Gasteiger partial charge is 0.375 e. The normalized spacial score (nSPS) is 14.9. The predicted octanol–water partition coefficient (Wildman–Crippen LogP) is 1.97. The molecule has 8 heteroatoms. The molecule has 7 nitrogen and oxygen atoms in total. The number of anilines is 2. The van der Waals surface area contributed by atoms with Crippen molar-refractivity contribution < 1.29 is 4.39 Å². The smallest absolute Gasteiger partial charge is 0.225 e. The van der Waals surface area contributed by atoms with E-state index in [1.165, 1.54) is 0 Å². The Morgan fingerprint density at radius 2 is 1.89 bits per heavy atom. The molecule has 28 heavy (non-hydrogen) atoms. The summed E-state index contributed by atoms with van der Waals surface area (Å²) in [4.78, 5) is 19.5. The third-order valence-electron chi connectivity index (χ3n) is 4.65. The van der Waals surface area contributed by atoms with Crippen LogP contribution in [0.3, 0.4) is 0 Å². The standard InChI is InChI=1S/C20H28FN7/c1-4-22-19(25-15-16-6-7-18(26(2)3)17(21)14-16)27-10-12-28(13-11-27)20-23-8-5-9-24-20/h5-9,14H,4,10-13,15H2,1-3H3,(H,22,25). The highest BCUT2D eigenvalue weighted by atomic mass is 19.1. The van der Waals surface area contributed by atoms with E-state index in [1.807, 2.05) is 26.2 Å². The van der Waals surface area contributed by atoms with Crippen molar-refractivity contribution in [1.29, 1.82) is 0 Å². The number of benzene rings is 1. The van der Waals surface area contributed by atoms with Crippen LogP contribution in [-0.2, 0) is 6.54 Å². The van der Waals surface area contributed by atoms with Crippen LogP contribution in [0.5, 0.6) is 0 Å². The molecule has 1 fully saturated rings. The van der Waals surface area contributed by atoms with E-state index in [0.717, 1.165) is 50.2 Å². The molecule has 2 heterocycles. The molecule has 1 N–H and O–H groups in total. The van der Waals surface area contributed by atoms with Crippen LogP contribution < -0.4 is 15.1 Å². The zero-order valence-corrected chi connectivity index (χ0v) is 16.8. The maximum Gasteiger partial charge on any atom is 0.225 e. The van der Waals surface area contributed by atoms with Crippen LogP contribution in [0.25, 0.3) is 0 Å². The maximum atomic E-state index is 14.2. The molecule has 0 atom stereocenters. The number of aliphatic imine (C=N–C) groups is 1. The first-order valence-corrected chi connectivity index (χ1v) is 9.59. The number of aromatic nitrogens is 2. The van der Waals surface area contributed by atoms with Gasteiger partial charge in [0.05, 0.1) is 12.2 Å². The number of nitrogens with one attached hydrogen (secondary N) is 1. The number of rotatable bonds is 5. The first-order chi connectivity index (χ1) is 13.6. The lowest BCUT2D eigenvalue weighted by atomic mass is 10.2. The lowest BCUT2D eigenvalue weighted by Gasteiger charge is -2.36.